The Morgan fingerprint density at radius 3 is 2.79 bits per heavy atom. The highest BCUT2D eigenvalue weighted by Gasteiger charge is 2.42. The van der Waals surface area contributed by atoms with E-state index in [1.54, 1.807) is 24.3 Å². The summed E-state index contributed by atoms with van der Waals surface area (Å²) in [5.74, 6) is 0.379. The summed E-state index contributed by atoms with van der Waals surface area (Å²) in [4.78, 5) is 19.7. The predicted octanol–water partition coefficient (Wildman–Crippen LogP) is 2.21. The van der Waals surface area contributed by atoms with Gasteiger partial charge in [0.1, 0.15) is 18.0 Å². The molecule has 0 saturated carbocycles. The van der Waals surface area contributed by atoms with Crippen LogP contribution in [0.25, 0.3) is 5.65 Å². The minimum Gasteiger partial charge on any atom is -0.487 e. The topological polar surface area (TPSA) is 93.0 Å². The summed E-state index contributed by atoms with van der Waals surface area (Å²) in [5.41, 5.74) is 3.24. The van der Waals surface area contributed by atoms with Crippen molar-refractivity contribution in [2.75, 3.05) is 24.6 Å². The Hall–Kier alpha value is -2.91. The van der Waals surface area contributed by atoms with Crippen molar-refractivity contribution in [3.8, 4) is 5.75 Å². The van der Waals surface area contributed by atoms with Crippen molar-refractivity contribution in [3.63, 3.8) is 0 Å². The van der Waals surface area contributed by atoms with Gasteiger partial charge in [0.25, 0.3) is 5.91 Å². The third-order valence-electron chi connectivity index (χ3n) is 6.38. The molecule has 1 amide bonds. The van der Waals surface area contributed by atoms with E-state index in [1.165, 1.54) is 0 Å². The molecular formula is C24H28N4O4S. The number of ether oxygens (including phenoxy) is 1. The maximum Gasteiger partial charge on any atom is 0.251 e. The number of sulfone groups is 1. The number of likely N-dealkylation sites (tertiary alicyclic amines) is 1. The molecule has 4 heterocycles. The summed E-state index contributed by atoms with van der Waals surface area (Å²) >= 11 is 0. The second-order valence-corrected chi connectivity index (χ2v) is 11.1. The lowest BCUT2D eigenvalue weighted by Crippen LogP contribution is -2.50. The molecule has 9 heteroatoms. The monoisotopic (exact) mass is 468 g/mol. The fraction of sp³-hybridized carbons (Fsp3) is 0.417. The maximum atomic E-state index is 13.0. The molecule has 2 aliphatic heterocycles. The average molecular weight is 469 g/mol. The van der Waals surface area contributed by atoms with Crippen LogP contribution in [-0.4, -0.2) is 65.3 Å². The number of benzene rings is 1. The van der Waals surface area contributed by atoms with Gasteiger partial charge in [0.15, 0.2) is 9.84 Å². The highest BCUT2D eigenvalue weighted by atomic mass is 32.2. The van der Waals surface area contributed by atoms with E-state index in [-0.39, 0.29) is 30.1 Å². The van der Waals surface area contributed by atoms with Gasteiger partial charge < -0.3 is 14.5 Å². The van der Waals surface area contributed by atoms with Gasteiger partial charge in [-0.2, -0.15) is 0 Å². The smallest absolute Gasteiger partial charge is 0.251 e. The van der Waals surface area contributed by atoms with Crippen molar-refractivity contribution in [2.45, 2.75) is 38.5 Å². The van der Waals surface area contributed by atoms with Crippen molar-refractivity contribution in [1.29, 1.82) is 0 Å². The number of fused-ring (bicyclic) bond motifs is 1. The molecule has 2 atom stereocenters. The Balaban J connectivity index is 1.25. The van der Waals surface area contributed by atoms with Crippen molar-refractivity contribution in [1.82, 2.24) is 19.6 Å². The van der Waals surface area contributed by atoms with Crippen LogP contribution in [0.2, 0.25) is 0 Å². The summed E-state index contributed by atoms with van der Waals surface area (Å²) < 4.78 is 32.4. The molecule has 2 aliphatic rings. The van der Waals surface area contributed by atoms with Gasteiger partial charge in [-0.3, -0.25) is 9.69 Å². The second-order valence-electron chi connectivity index (χ2n) is 8.99. The summed E-state index contributed by atoms with van der Waals surface area (Å²) in [7, 11) is -3.16. The zero-order valence-corrected chi connectivity index (χ0v) is 19.4. The van der Waals surface area contributed by atoms with Crippen molar-refractivity contribution in [3.05, 3.63) is 65.6 Å². The molecule has 2 unspecified atom stereocenters. The Labute approximate surface area is 193 Å². The lowest BCUT2D eigenvalue weighted by atomic mass is 10.1. The number of aryl methyl sites for hydroxylation is 1. The molecule has 5 rings (SSSR count). The number of amides is 1. The zero-order chi connectivity index (χ0) is 23.0. The van der Waals surface area contributed by atoms with Crippen LogP contribution in [0, 0.1) is 6.92 Å². The molecule has 1 aromatic carbocycles. The second kappa shape index (κ2) is 8.79. The Bertz CT molecular complexity index is 1280. The van der Waals surface area contributed by atoms with E-state index in [0.717, 1.165) is 42.8 Å². The molecule has 2 saturated heterocycles. The molecule has 174 valence electrons. The lowest BCUT2D eigenvalue weighted by Gasteiger charge is -2.28. The van der Waals surface area contributed by atoms with Crippen LogP contribution in [0.5, 0.6) is 5.75 Å². The van der Waals surface area contributed by atoms with Gasteiger partial charge in [-0.15, -0.1) is 0 Å². The normalized spacial score (nSPS) is 22.6. The summed E-state index contributed by atoms with van der Waals surface area (Å²) in [5, 5.41) is 2.97. The minimum atomic E-state index is -3.16. The van der Waals surface area contributed by atoms with E-state index in [1.807, 2.05) is 35.9 Å². The van der Waals surface area contributed by atoms with E-state index in [0.29, 0.717) is 11.3 Å². The highest BCUT2D eigenvalue weighted by Crippen LogP contribution is 2.23. The average Bonchev–Trinajstić information content (AvgIpc) is 3.50. The van der Waals surface area contributed by atoms with Crippen LogP contribution in [0.4, 0.5) is 0 Å². The molecule has 2 aromatic heterocycles. The molecule has 3 aromatic rings. The molecule has 0 bridgehead atoms. The Morgan fingerprint density at radius 2 is 1.97 bits per heavy atom. The van der Waals surface area contributed by atoms with Gasteiger partial charge in [-0.1, -0.05) is 12.1 Å². The van der Waals surface area contributed by atoms with Crippen molar-refractivity contribution >= 4 is 21.4 Å². The number of aromatic nitrogens is 2. The van der Waals surface area contributed by atoms with Gasteiger partial charge in [0.05, 0.1) is 23.2 Å². The minimum absolute atomic E-state index is 0.0105. The highest BCUT2D eigenvalue weighted by molar-refractivity contribution is 7.91. The molecule has 33 heavy (non-hydrogen) atoms. The zero-order valence-electron chi connectivity index (χ0n) is 18.6. The van der Waals surface area contributed by atoms with Crippen LogP contribution >= 0.6 is 0 Å². The summed E-state index contributed by atoms with van der Waals surface area (Å²) in [6, 6.07) is 10.4. The van der Waals surface area contributed by atoms with Crippen LogP contribution < -0.4 is 10.1 Å². The van der Waals surface area contributed by atoms with Crippen LogP contribution in [-0.2, 0) is 16.4 Å². The van der Waals surface area contributed by atoms with Crippen LogP contribution in [0.3, 0.4) is 0 Å². The quantitative estimate of drug-likeness (QED) is 0.596. The molecule has 0 radical (unpaired) electrons. The molecule has 2 fully saturated rings. The molecule has 1 N–H and O–H groups in total. The van der Waals surface area contributed by atoms with Crippen LogP contribution in [0.15, 0.2) is 48.8 Å². The van der Waals surface area contributed by atoms with E-state index in [9.17, 15) is 13.2 Å². The Kier molecular flexibility index (Phi) is 5.84. The number of carbonyl (C=O) groups excluding carboxylic acids is 1. The first-order valence-electron chi connectivity index (χ1n) is 11.3. The number of hydrogen-bond donors (Lipinski definition) is 1. The van der Waals surface area contributed by atoms with Gasteiger partial charge in [-0.25, -0.2) is 13.4 Å². The fourth-order valence-electron chi connectivity index (χ4n) is 4.76. The number of nitrogens with one attached hydrogen (secondary N) is 1. The van der Waals surface area contributed by atoms with E-state index < -0.39 is 15.9 Å². The van der Waals surface area contributed by atoms with Gasteiger partial charge >= 0.3 is 0 Å². The largest absolute Gasteiger partial charge is 0.487 e. The van der Waals surface area contributed by atoms with Crippen molar-refractivity contribution in [2.24, 2.45) is 0 Å². The van der Waals surface area contributed by atoms with Crippen molar-refractivity contribution < 1.29 is 17.9 Å². The van der Waals surface area contributed by atoms with Gasteiger partial charge in [0.2, 0.25) is 0 Å². The SMILES string of the molecule is Cc1ccc2nc(COc3cccc(C(=O)NC4CS(=O)(=O)CC4N4CCCC4)c3)cn2c1. The number of rotatable bonds is 6. The Morgan fingerprint density at radius 1 is 1.15 bits per heavy atom. The first-order valence-corrected chi connectivity index (χ1v) is 13.1. The van der Waals surface area contributed by atoms with E-state index in [4.69, 9.17) is 4.74 Å². The first-order chi connectivity index (χ1) is 15.9. The van der Waals surface area contributed by atoms with Gasteiger partial charge in [-0.05, 0) is 62.7 Å². The first kappa shape index (κ1) is 21.9. The van der Waals surface area contributed by atoms with E-state index >= 15 is 0 Å². The lowest BCUT2D eigenvalue weighted by molar-refractivity contribution is 0.0918. The maximum absolute atomic E-state index is 13.0. The number of carbonyl (C=O) groups is 1. The molecule has 0 aliphatic carbocycles. The summed E-state index contributed by atoms with van der Waals surface area (Å²) in [6.07, 6.45) is 6.08. The fourth-order valence-corrected chi connectivity index (χ4v) is 6.71. The third kappa shape index (κ3) is 4.89. The number of nitrogens with zero attached hydrogens (tertiary/aromatic N) is 3. The standard InChI is InChI=1S/C24H28N4O4S/c1-17-7-8-23-25-19(13-28(23)12-17)14-32-20-6-4-5-18(11-20)24(29)26-21-15-33(30,31)16-22(21)27-9-2-3-10-27/h4-8,11-13,21-22H,2-3,9-10,14-16H2,1H3,(H,26,29). The number of hydrogen-bond acceptors (Lipinski definition) is 6. The molecule has 0 spiro atoms. The number of imidazole rings is 1. The predicted molar refractivity (Wildman–Crippen MR) is 125 cm³/mol. The number of pyridine rings is 1. The molecular weight excluding hydrogens is 440 g/mol. The van der Waals surface area contributed by atoms with Crippen LogP contribution in [0.1, 0.15) is 34.5 Å². The summed E-state index contributed by atoms with van der Waals surface area (Å²) in [6.45, 7) is 4.08. The van der Waals surface area contributed by atoms with E-state index in [2.05, 4.69) is 15.2 Å². The third-order valence-corrected chi connectivity index (χ3v) is 8.10. The molecule has 8 nitrogen and oxygen atoms in total. The van der Waals surface area contributed by atoms with Gasteiger partial charge in [0, 0.05) is 24.0 Å².